The quantitative estimate of drug-likeness (QED) is 0.429. The molecule has 1 N–H and O–H groups in total. The monoisotopic (exact) mass is 415 g/mol. The Hall–Kier alpha value is -3.02. The summed E-state index contributed by atoms with van der Waals surface area (Å²) >= 11 is 12.0. The van der Waals surface area contributed by atoms with Crippen molar-refractivity contribution in [2.45, 2.75) is 0 Å². The van der Waals surface area contributed by atoms with Gasteiger partial charge in [-0.3, -0.25) is 4.79 Å². The zero-order valence-corrected chi connectivity index (χ0v) is 16.3. The minimum atomic E-state index is -0.532. The molecule has 3 aromatic rings. The van der Waals surface area contributed by atoms with E-state index in [0.717, 1.165) is 5.56 Å². The van der Waals surface area contributed by atoms with Crippen LogP contribution < -0.4 is 5.32 Å². The van der Waals surface area contributed by atoms with E-state index >= 15 is 0 Å². The first kappa shape index (κ1) is 19.7. The summed E-state index contributed by atoms with van der Waals surface area (Å²) in [6.07, 6.45) is 2.83. The normalized spacial score (nSPS) is 10.8. The number of para-hydroxylation sites is 1. The van der Waals surface area contributed by atoms with Crippen LogP contribution in [0.15, 0.2) is 65.1 Å². The molecule has 0 atom stereocenters. The summed E-state index contributed by atoms with van der Waals surface area (Å²) < 4.78 is 10.4. The molecule has 0 aliphatic heterocycles. The molecule has 7 heteroatoms. The third-order valence-corrected chi connectivity index (χ3v) is 4.20. The molecule has 0 saturated carbocycles. The molecule has 142 valence electrons. The van der Waals surface area contributed by atoms with Crippen LogP contribution in [0.4, 0.5) is 5.69 Å². The van der Waals surface area contributed by atoms with Crippen LogP contribution in [0.1, 0.15) is 16.1 Å². The van der Waals surface area contributed by atoms with Gasteiger partial charge in [-0.05, 0) is 48.5 Å². The Morgan fingerprint density at radius 2 is 1.75 bits per heavy atom. The SMILES string of the molecule is COC(=O)c1ccccc1NC(=O)/C=C/c1ccc(-c2cc(Cl)cc(Cl)c2)o1. The van der Waals surface area contributed by atoms with Crippen LogP contribution in [-0.4, -0.2) is 19.0 Å². The molecule has 1 amide bonds. The summed E-state index contributed by atoms with van der Waals surface area (Å²) in [7, 11) is 1.28. The Balaban J connectivity index is 1.72. The highest BCUT2D eigenvalue weighted by molar-refractivity contribution is 6.35. The van der Waals surface area contributed by atoms with Gasteiger partial charge in [0.15, 0.2) is 0 Å². The van der Waals surface area contributed by atoms with Gasteiger partial charge in [0.25, 0.3) is 0 Å². The van der Waals surface area contributed by atoms with Gasteiger partial charge in [-0.15, -0.1) is 0 Å². The molecule has 2 aromatic carbocycles. The van der Waals surface area contributed by atoms with Crippen LogP contribution in [0.25, 0.3) is 17.4 Å². The number of ether oxygens (including phenoxy) is 1. The first-order valence-electron chi connectivity index (χ1n) is 8.19. The maximum absolute atomic E-state index is 12.2. The van der Waals surface area contributed by atoms with Gasteiger partial charge in [0.2, 0.25) is 5.91 Å². The highest BCUT2D eigenvalue weighted by Crippen LogP contribution is 2.29. The number of esters is 1. The average molecular weight is 416 g/mol. The van der Waals surface area contributed by atoms with Crippen molar-refractivity contribution in [3.05, 3.63) is 82.0 Å². The summed E-state index contributed by atoms with van der Waals surface area (Å²) in [5.41, 5.74) is 1.36. The number of carbonyl (C=O) groups excluding carboxylic acids is 2. The van der Waals surface area contributed by atoms with Crippen molar-refractivity contribution < 1.29 is 18.7 Å². The molecule has 0 unspecified atom stereocenters. The zero-order valence-electron chi connectivity index (χ0n) is 14.7. The minimum Gasteiger partial charge on any atom is -0.465 e. The van der Waals surface area contributed by atoms with Crippen LogP contribution in [0.5, 0.6) is 0 Å². The van der Waals surface area contributed by atoms with E-state index in [9.17, 15) is 9.59 Å². The zero-order chi connectivity index (χ0) is 20.1. The molecule has 1 heterocycles. The van der Waals surface area contributed by atoms with E-state index in [0.29, 0.717) is 27.3 Å². The number of amides is 1. The number of carbonyl (C=O) groups is 2. The lowest BCUT2D eigenvalue weighted by atomic mass is 10.2. The van der Waals surface area contributed by atoms with Crippen molar-refractivity contribution in [2.24, 2.45) is 0 Å². The average Bonchev–Trinajstić information content (AvgIpc) is 3.14. The number of methoxy groups -OCH3 is 1. The molecule has 0 aliphatic rings. The summed E-state index contributed by atoms with van der Waals surface area (Å²) in [5.74, 6) is 0.0961. The van der Waals surface area contributed by atoms with Crippen LogP contribution in [0.2, 0.25) is 10.0 Å². The van der Waals surface area contributed by atoms with E-state index < -0.39 is 11.9 Å². The van der Waals surface area contributed by atoms with Crippen molar-refractivity contribution in [2.75, 3.05) is 12.4 Å². The molecule has 0 spiro atoms. The summed E-state index contributed by atoms with van der Waals surface area (Å²) in [6, 6.07) is 15.2. The predicted molar refractivity (Wildman–Crippen MR) is 110 cm³/mol. The molecule has 0 aliphatic carbocycles. The van der Waals surface area contributed by atoms with Gasteiger partial charge in [-0.25, -0.2) is 4.79 Å². The highest BCUT2D eigenvalue weighted by atomic mass is 35.5. The Kier molecular flexibility index (Phi) is 6.19. The molecule has 1 aromatic heterocycles. The third kappa shape index (κ3) is 4.82. The highest BCUT2D eigenvalue weighted by Gasteiger charge is 2.12. The summed E-state index contributed by atoms with van der Waals surface area (Å²) in [6.45, 7) is 0. The molecule has 0 saturated heterocycles. The second kappa shape index (κ2) is 8.78. The minimum absolute atomic E-state index is 0.268. The van der Waals surface area contributed by atoms with Crippen molar-refractivity contribution in [3.63, 3.8) is 0 Å². The Morgan fingerprint density at radius 1 is 1.04 bits per heavy atom. The maximum Gasteiger partial charge on any atom is 0.339 e. The van der Waals surface area contributed by atoms with Gasteiger partial charge in [0.05, 0.1) is 18.4 Å². The standard InChI is InChI=1S/C21H15Cl2NO4/c1-27-21(26)17-4-2-3-5-18(17)24-20(25)9-7-16-6-8-19(28-16)13-10-14(22)12-15(23)11-13/h2-12H,1H3,(H,24,25)/b9-7+. The molecular formula is C21H15Cl2NO4. The molecule has 5 nitrogen and oxygen atoms in total. The Labute approximate surface area is 171 Å². The van der Waals surface area contributed by atoms with Crippen molar-refractivity contribution in [3.8, 4) is 11.3 Å². The first-order chi connectivity index (χ1) is 13.5. The fraction of sp³-hybridized carbons (Fsp3) is 0.0476. The van der Waals surface area contributed by atoms with E-state index in [4.69, 9.17) is 32.4 Å². The molecule has 28 heavy (non-hydrogen) atoms. The van der Waals surface area contributed by atoms with Gasteiger partial charge in [-0.1, -0.05) is 35.3 Å². The maximum atomic E-state index is 12.2. The Morgan fingerprint density at radius 3 is 2.46 bits per heavy atom. The molecule has 3 rings (SSSR count). The van der Waals surface area contributed by atoms with Crippen LogP contribution >= 0.6 is 23.2 Å². The Bertz CT molecular complexity index is 1040. The molecular weight excluding hydrogens is 401 g/mol. The number of benzene rings is 2. The van der Waals surface area contributed by atoms with Gasteiger partial charge in [0, 0.05) is 21.7 Å². The van der Waals surface area contributed by atoms with E-state index in [1.165, 1.54) is 19.3 Å². The lowest BCUT2D eigenvalue weighted by molar-refractivity contribution is -0.111. The lowest BCUT2D eigenvalue weighted by Crippen LogP contribution is -2.12. The van der Waals surface area contributed by atoms with Crippen molar-refractivity contribution in [1.82, 2.24) is 0 Å². The number of rotatable bonds is 5. The number of anilines is 1. The first-order valence-corrected chi connectivity index (χ1v) is 8.94. The molecule has 0 fully saturated rings. The number of nitrogens with one attached hydrogen (secondary N) is 1. The van der Waals surface area contributed by atoms with Crippen LogP contribution in [0, 0.1) is 0 Å². The molecule has 0 bridgehead atoms. The van der Waals surface area contributed by atoms with Gasteiger partial charge < -0.3 is 14.5 Å². The smallest absolute Gasteiger partial charge is 0.339 e. The summed E-state index contributed by atoms with van der Waals surface area (Å²) in [4.78, 5) is 23.9. The van der Waals surface area contributed by atoms with E-state index in [1.54, 1.807) is 54.6 Å². The van der Waals surface area contributed by atoms with Crippen molar-refractivity contribution >= 4 is 46.8 Å². The molecule has 0 radical (unpaired) electrons. The number of hydrogen-bond acceptors (Lipinski definition) is 4. The fourth-order valence-electron chi connectivity index (χ4n) is 2.51. The van der Waals surface area contributed by atoms with Gasteiger partial charge in [0.1, 0.15) is 11.5 Å². The third-order valence-electron chi connectivity index (χ3n) is 3.76. The topological polar surface area (TPSA) is 68.5 Å². The van der Waals surface area contributed by atoms with E-state index in [-0.39, 0.29) is 5.56 Å². The van der Waals surface area contributed by atoms with Crippen molar-refractivity contribution in [1.29, 1.82) is 0 Å². The van der Waals surface area contributed by atoms with Crippen LogP contribution in [0.3, 0.4) is 0 Å². The van der Waals surface area contributed by atoms with E-state index in [1.807, 2.05) is 0 Å². The second-order valence-electron chi connectivity index (χ2n) is 5.72. The predicted octanol–water partition coefficient (Wildman–Crippen LogP) is 5.69. The lowest BCUT2D eigenvalue weighted by Gasteiger charge is -2.07. The number of hydrogen-bond donors (Lipinski definition) is 1. The number of halogens is 2. The van der Waals surface area contributed by atoms with Crippen LogP contribution in [-0.2, 0) is 9.53 Å². The number of furan rings is 1. The van der Waals surface area contributed by atoms with Gasteiger partial charge >= 0.3 is 5.97 Å². The van der Waals surface area contributed by atoms with E-state index in [2.05, 4.69) is 5.32 Å². The second-order valence-corrected chi connectivity index (χ2v) is 6.59. The largest absolute Gasteiger partial charge is 0.465 e. The van der Waals surface area contributed by atoms with Gasteiger partial charge in [-0.2, -0.15) is 0 Å². The fourth-order valence-corrected chi connectivity index (χ4v) is 3.03. The summed E-state index contributed by atoms with van der Waals surface area (Å²) in [5, 5.41) is 3.65.